The van der Waals surface area contributed by atoms with Gasteiger partial charge in [-0.25, -0.2) is 0 Å². The van der Waals surface area contributed by atoms with Crippen molar-refractivity contribution in [2.45, 2.75) is 32.9 Å². The van der Waals surface area contributed by atoms with E-state index in [0.717, 1.165) is 50.3 Å². The van der Waals surface area contributed by atoms with Crippen molar-refractivity contribution >= 4 is 5.91 Å². The van der Waals surface area contributed by atoms with Crippen molar-refractivity contribution < 1.29 is 9.53 Å². The molecule has 25 heavy (non-hydrogen) atoms. The number of ether oxygens (including phenoxy) is 1. The smallest absolute Gasteiger partial charge is 0.260 e. The first-order valence-electron chi connectivity index (χ1n) is 8.90. The first kappa shape index (κ1) is 17.5. The predicted molar refractivity (Wildman–Crippen MR) is 96.4 cm³/mol. The highest BCUT2D eigenvalue weighted by atomic mass is 16.5. The molecule has 134 valence electrons. The van der Waals surface area contributed by atoms with Gasteiger partial charge in [0.1, 0.15) is 5.75 Å². The molecule has 1 saturated heterocycles. The van der Waals surface area contributed by atoms with E-state index in [1.807, 2.05) is 53.2 Å². The molecule has 2 heterocycles. The number of aryl methyl sites for hydroxylation is 1. The molecule has 0 saturated carbocycles. The third-order valence-electron chi connectivity index (χ3n) is 4.38. The number of hydrogen-bond acceptors (Lipinski definition) is 4. The number of rotatable bonds is 8. The van der Waals surface area contributed by atoms with Crippen molar-refractivity contribution in [3.63, 3.8) is 0 Å². The molecule has 0 radical (unpaired) electrons. The minimum absolute atomic E-state index is 0.0781. The number of carbonyl (C=O) groups excluding carboxylic acids is 1. The third-order valence-corrected chi connectivity index (χ3v) is 4.38. The van der Waals surface area contributed by atoms with Crippen LogP contribution < -0.4 is 10.1 Å². The maximum atomic E-state index is 12.1. The normalized spacial score (nSPS) is 14.0. The zero-order valence-electron chi connectivity index (χ0n) is 14.8. The fourth-order valence-corrected chi connectivity index (χ4v) is 2.99. The van der Waals surface area contributed by atoms with Crippen LogP contribution in [0.5, 0.6) is 5.75 Å². The first-order valence-corrected chi connectivity index (χ1v) is 8.90. The molecule has 6 heteroatoms. The fourth-order valence-electron chi connectivity index (χ4n) is 2.99. The second-order valence-electron chi connectivity index (χ2n) is 6.44. The van der Waals surface area contributed by atoms with E-state index < -0.39 is 0 Å². The number of likely N-dealkylation sites (tertiary alicyclic amines) is 1. The van der Waals surface area contributed by atoms with E-state index in [2.05, 4.69) is 10.4 Å². The van der Waals surface area contributed by atoms with Crippen molar-refractivity contribution in [2.75, 3.05) is 26.2 Å². The summed E-state index contributed by atoms with van der Waals surface area (Å²) >= 11 is 0. The van der Waals surface area contributed by atoms with Crippen LogP contribution in [0, 0.1) is 6.92 Å². The topological polar surface area (TPSA) is 59.4 Å². The van der Waals surface area contributed by atoms with Crippen molar-refractivity contribution in [1.29, 1.82) is 0 Å². The van der Waals surface area contributed by atoms with E-state index in [1.54, 1.807) is 0 Å². The molecule has 1 fully saturated rings. The Balaban J connectivity index is 1.45. The molecule has 2 aromatic rings. The highest BCUT2D eigenvalue weighted by Gasteiger charge is 2.18. The van der Waals surface area contributed by atoms with Gasteiger partial charge in [-0.1, -0.05) is 18.2 Å². The number of aromatic nitrogens is 2. The van der Waals surface area contributed by atoms with Gasteiger partial charge in [0.15, 0.2) is 6.61 Å². The van der Waals surface area contributed by atoms with Gasteiger partial charge >= 0.3 is 0 Å². The number of carbonyl (C=O) groups is 1. The SMILES string of the molecule is Cc1cnn(CCNCc2ccccc2OCC(=O)N2CCCC2)c1. The molecular formula is C19H26N4O2. The summed E-state index contributed by atoms with van der Waals surface area (Å²) in [4.78, 5) is 14.0. The molecule has 0 unspecified atom stereocenters. The van der Waals surface area contributed by atoms with E-state index in [1.165, 1.54) is 5.56 Å². The Labute approximate surface area is 148 Å². The van der Waals surface area contributed by atoms with Crippen molar-refractivity contribution in [3.05, 3.63) is 47.8 Å². The van der Waals surface area contributed by atoms with Crippen molar-refractivity contribution in [3.8, 4) is 5.75 Å². The minimum atomic E-state index is 0.0781. The van der Waals surface area contributed by atoms with Crippen LogP contribution in [0.4, 0.5) is 0 Å². The van der Waals surface area contributed by atoms with Crippen LogP contribution in [0.15, 0.2) is 36.7 Å². The Morgan fingerprint density at radius 1 is 1.28 bits per heavy atom. The number of benzene rings is 1. The lowest BCUT2D eigenvalue weighted by molar-refractivity contribution is -0.132. The van der Waals surface area contributed by atoms with Gasteiger partial charge in [-0.2, -0.15) is 5.10 Å². The summed E-state index contributed by atoms with van der Waals surface area (Å²) in [6.45, 7) is 6.22. The van der Waals surface area contributed by atoms with Crippen LogP contribution in [0.25, 0.3) is 0 Å². The molecule has 0 bridgehead atoms. The summed E-state index contributed by atoms with van der Waals surface area (Å²) in [6, 6.07) is 7.88. The quantitative estimate of drug-likeness (QED) is 0.745. The highest BCUT2D eigenvalue weighted by molar-refractivity contribution is 5.78. The zero-order valence-corrected chi connectivity index (χ0v) is 14.8. The summed E-state index contributed by atoms with van der Waals surface area (Å²) in [6.07, 6.45) is 6.09. The van der Waals surface area contributed by atoms with E-state index in [0.29, 0.717) is 6.54 Å². The molecule has 1 N–H and O–H groups in total. The maximum Gasteiger partial charge on any atom is 0.260 e. The minimum Gasteiger partial charge on any atom is -0.483 e. The lowest BCUT2D eigenvalue weighted by atomic mass is 10.2. The molecule has 6 nitrogen and oxygen atoms in total. The molecular weight excluding hydrogens is 316 g/mol. The fraction of sp³-hybridized carbons (Fsp3) is 0.474. The van der Waals surface area contributed by atoms with Crippen molar-refractivity contribution in [1.82, 2.24) is 20.0 Å². The molecule has 0 spiro atoms. The summed E-state index contributed by atoms with van der Waals surface area (Å²) in [7, 11) is 0. The Morgan fingerprint density at radius 2 is 2.08 bits per heavy atom. The number of para-hydroxylation sites is 1. The zero-order chi connectivity index (χ0) is 17.5. The molecule has 1 aliphatic heterocycles. The lowest BCUT2D eigenvalue weighted by Crippen LogP contribution is -2.32. The average molecular weight is 342 g/mol. The molecule has 1 aliphatic rings. The van der Waals surface area contributed by atoms with Gasteiger partial charge in [0.05, 0.1) is 12.7 Å². The van der Waals surface area contributed by atoms with Crippen LogP contribution in [0.3, 0.4) is 0 Å². The standard InChI is InChI=1S/C19H26N4O2/c1-16-12-21-23(14-16)11-8-20-13-17-6-2-3-7-18(17)25-15-19(24)22-9-4-5-10-22/h2-3,6-7,12,14,20H,4-5,8-11,13,15H2,1H3. The summed E-state index contributed by atoms with van der Waals surface area (Å²) in [5.74, 6) is 0.854. The van der Waals surface area contributed by atoms with Crippen LogP contribution in [0.1, 0.15) is 24.0 Å². The van der Waals surface area contributed by atoms with Gasteiger partial charge in [-0.15, -0.1) is 0 Å². The Hall–Kier alpha value is -2.34. The monoisotopic (exact) mass is 342 g/mol. The molecule has 0 aliphatic carbocycles. The lowest BCUT2D eigenvalue weighted by Gasteiger charge is -2.17. The summed E-state index contributed by atoms with van der Waals surface area (Å²) in [5.41, 5.74) is 2.23. The van der Waals surface area contributed by atoms with Gasteiger partial charge in [-0.3, -0.25) is 9.48 Å². The first-order chi connectivity index (χ1) is 12.2. The predicted octanol–water partition coefficient (Wildman–Crippen LogP) is 1.98. The Morgan fingerprint density at radius 3 is 2.84 bits per heavy atom. The molecule has 3 rings (SSSR count). The third kappa shape index (κ3) is 5.06. The van der Waals surface area contributed by atoms with Gasteiger partial charge in [-0.05, 0) is 31.4 Å². The van der Waals surface area contributed by atoms with Gasteiger partial charge in [0.25, 0.3) is 5.91 Å². The average Bonchev–Trinajstić information content (AvgIpc) is 3.29. The van der Waals surface area contributed by atoms with Crippen LogP contribution in [-0.4, -0.2) is 46.8 Å². The summed E-state index contributed by atoms with van der Waals surface area (Å²) in [5, 5.41) is 7.68. The number of hydrogen-bond donors (Lipinski definition) is 1. The van der Waals surface area contributed by atoms with Gasteiger partial charge in [0.2, 0.25) is 0 Å². The maximum absolute atomic E-state index is 12.1. The number of amides is 1. The van der Waals surface area contributed by atoms with Crippen LogP contribution in [0.2, 0.25) is 0 Å². The largest absolute Gasteiger partial charge is 0.483 e. The van der Waals surface area contributed by atoms with Gasteiger partial charge in [0, 0.05) is 37.9 Å². The van der Waals surface area contributed by atoms with Gasteiger partial charge < -0.3 is 15.0 Å². The Kier molecular flexibility index (Phi) is 6.06. The van der Waals surface area contributed by atoms with Crippen LogP contribution in [-0.2, 0) is 17.9 Å². The number of nitrogens with one attached hydrogen (secondary N) is 1. The van der Waals surface area contributed by atoms with E-state index in [4.69, 9.17) is 4.74 Å². The Bertz CT molecular complexity index is 692. The highest BCUT2D eigenvalue weighted by Crippen LogP contribution is 2.18. The molecule has 0 atom stereocenters. The van der Waals surface area contributed by atoms with E-state index in [9.17, 15) is 4.79 Å². The van der Waals surface area contributed by atoms with Crippen LogP contribution >= 0.6 is 0 Å². The van der Waals surface area contributed by atoms with E-state index >= 15 is 0 Å². The van der Waals surface area contributed by atoms with Crippen molar-refractivity contribution in [2.24, 2.45) is 0 Å². The second-order valence-corrected chi connectivity index (χ2v) is 6.44. The number of nitrogens with zero attached hydrogens (tertiary/aromatic N) is 3. The van der Waals surface area contributed by atoms with E-state index in [-0.39, 0.29) is 12.5 Å². The molecule has 1 aromatic carbocycles. The molecule has 1 amide bonds. The summed E-state index contributed by atoms with van der Waals surface area (Å²) < 4.78 is 7.71. The second kappa shape index (κ2) is 8.67. The molecule has 1 aromatic heterocycles.